The normalized spacial score (nSPS) is 15.4. The van der Waals surface area contributed by atoms with Gasteiger partial charge in [0, 0.05) is 11.1 Å². The predicted molar refractivity (Wildman–Crippen MR) is 61.2 cm³/mol. The molecular formula is C11H12ClFN2O. The molecule has 0 atom stereocenters. The summed E-state index contributed by atoms with van der Waals surface area (Å²) in [4.78, 5) is 11.4. The third kappa shape index (κ3) is 2.64. The second-order valence-corrected chi connectivity index (χ2v) is 4.29. The van der Waals surface area contributed by atoms with Gasteiger partial charge >= 0.3 is 6.03 Å². The third-order valence-corrected chi connectivity index (χ3v) is 2.85. The SMILES string of the molecule is O=C(Nc1cc(Cl)ccc1F)NC1CCC1. The lowest BCUT2D eigenvalue weighted by Crippen LogP contribution is -2.41. The van der Waals surface area contributed by atoms with Crippen LogP contribution < -0.4 is 10.6 Å². The van der Waals surface area contributed by atoms with Crippen LogP contribution in [-0.4, -0.2) is 12.1 Å². The zero-order valence-corrected chi connectivity index (χ0v) is 9.35. The van der Waals surface area contributed by atoms with E-state index < -0.39 is 5.82 Å². The molecule has 0 radical (unpaired) electrons. The number of halogens is 2. The molecule has 1 aliphatic rings. The zero-order chi connectivity index (χ0) is 11.5. The van der Waals surface area contributed by atoms with Crippen molar-refractivity contribution in [1.82, 2.24) is 5.32 Å². The van der Waals surface area contributed by atoms with Crippen molar-refractivity contribution in [3.05, 3.63) is 29.0 Å². The molecule has 1 aliphatic carbocycles. The van der Waals surface area contributed by atoms with E-state index >= 15 is 0 Å². The van der Waals surface area contributed by atoms with Crippen LogP contribution in [0.1, 0.15) is 19.3 Å². The first-order chi connectivity index (χ1) is 7.65. The van der Waals surface area contributed by atoms with Crippen LogP contribution in [-0.2, 0) is 0 Å². The fraction of sp³-hybridized carbons (Fsp3) is 0.364. The maximum atomic E-state index is 13.3. The van der Waals surface area contributed by atoms with E-state index in [-0.39, 0.29) is 17.8 Å². The van der Waals surface area contributed by atoms with Crippen LogP contribution >= 0.6 is 11.6 Å². The third-order valence-electron chi connectivity index (χ3n) is 2.62. The van der Waals surface area contributed by atoms with E-state index in [2.05, 4.69) is 10.6 Å². The number of amides is 2. The largest absolute Gasteiger partial charge is 0.335 e. The average molecular weight is 243 g/mol. The van der Waals surface area contributed by atoms with Crippen LogP contribution in [0.2, 0.25) is 5.02 Å². The molecule has 0 heterocycles. The molecule has 0 aromatic heterocycles. The average Bonchev–Trinajstić information content (AvgIpc) is 2.18. The van der Waals surface area contributed by atoms with E-state index in [1.165, 1.54) is 18.2 Å². The second kappa shape index (κ2) is 4.70. The smallest absolute Gasteiger partial charge is 0.319 e. The number of hydrogen-bond donors (Lipinski definition) is 2. The summed E-state index contributed by atoms with van der Waals surface area (Å²) in [6.07, 6.45) is 3.12. The first-order valence-corrected chi connectivity index (χ1v) is 5.55. The van der Waals surface area contributed by atoms with E-state index in [1.807, 2.05) is 0 Å². The highest BCUT2D eigenvalue weighted by molar-refractivity contribution is 6.30. The highest BCUT2D eigenvalue weighted by Crippen LogP contribution is 2.21. The maximum absolute atomic E-state index is 13.3. The van der Waals surface area contributed by atoms with Crippen molar-refractivity contribution in [2.75, 3.05) is 5.32 Å². The lowest BCUT2D eigenvalue weighted by Gasteiger charge is -2.26. The molecule has 3 nitrogen and oxygen atoms in total. The fourth-order valence-corrected chi connectivity index (χ4v) is 1.66. The summed E-state index contributed by atoms with van der Waals surface area (Å²) in [5.41, 5.74) is 0.101. The van der Waals surface area contributed by atoms with Crippen LogP contribution in [0, 0.1) is 5.82 Å². The lowest BCUT2D eigenvalue weighted by atomic mass is 9.93. The molecule has 0 bridgehead atoms. The van der Waals surface area contributed by atoms with Gasteiger partial charge in [0.2, 0.25) is 0 Å². The molecule has 1 saturated carbocycles. The Kier molecular flexibility index (Phi) is 3.29. The number of carbonyl (C=O) groups excluding carboxylic acids is 1. The number of nitrogens with one attached hydrogen (secondary N) is 2. The van der Waals surface area contributed by atoms with Gasteiger partial charge in [0.05, 0.1) is 5.69 Å². The molecule has 2 N–H and O–H groups in total. The van der Waals surface area contributed by atoms with Crippen molar-refractivity contribution in [1.29, 1.82) is 0 Å². The van der Waals surface area contributed by atoms with Crippen molar-refractivity contribution >= 4 is 23.3 Å². The summed E-state index contributed by atoms with van der Waals surface area (Å²) in [6, 6.07) is 3.89. The van der Waals surface area contributed by atoms with Crippen molar-refractivity contribution in [2.45, 2.75) is 25.3 Å². The number of hydrogen-bond acceptors (Lipinski definition) is 1. The van der Waals surface area contributed by atoms with E-state index in [4.69, 9.17) is 11.6 Å². The highest BCUT2D eigenvalue weighted by Gasteiger charge is 2.19. The minimum absolute atomic E-state index is 0.101. The van der Waals surface area contributed by atoms with Crippen LogP contribution in [0.15, 0.2) is 18.2 Å². The number of rotatable bonds is 2. The molecule has 1 fully saturated rings. The van der Waals surface area contributed by atoms with Crippen LogP contribution in [0.25, 0.3) is 0 Å². The Balaban J connectivity index is 1.96. The summed E-state index contributed by atoms with van der Waals surface area (Å²) in [7, 11) is 0. The monoisotopic (exact) mass is 242 g/mol. The van der Waals surface area contributed by atoms with Gasteiger partial charge in [-0.05, 0) is 37.5 Å². The van der Waals surface area contributed by atoms with Crippen LogP contribution in [0.3, 0.4) is 0 Å². The molecule has 2 amide bonds. The summed E-state index contributed by atoms with van der Waals surface area (Å²) >= 11 is 5.71. The number of urea groups is 1. The van der Waals surface area contributed by atoms with Crippen molar-refractivity contribution in [3.8, 4) is 0 Å². The zero-order valence-electron chi connectivity index (χ0n) is 8.59. The van der Waals surface area contributed by atoms with Gasteiger partial charge in [0.15, 0.2) is 0 Å². The number of carbonyl (C=O) groups is 1. The Morgan fingerprint density at radius 2 is 2.19 bits per heavy atom. The van der Waals surface area contributed by atoms with Crippen LogP contribution in [0.5, 0.6) is 0 Å². The van der Waals surface area contributed by atoms with E-state index in [0.29, 0.717) is 5.02 Å². The van der Waals surface area contributed by atoms with E-state index in [1.54, 1.807) is 0 Å². The van der Waals surface area contributed by atoms with Gasteiger partial charge in [0.25, 0.3) is 0 Å². The minimum Gasteiger partial charge on any atom is -0.335 e. The standard InChI is InChI=1S/C11H12ClFN2O/c12-7-4-5-9(13)10(6-7)15-11(16)14-8-2-1-3-8/h4-6,8H,1-3H2,(H2,14,15,16). The van der Waals surface area contributed by atoms with Gasteiger partial charge in [-0.2, -0.15) is 0 Å². The highest BCUT2D eigenvalue weighted by atomic mass is 35.5. The van der Waals surface area contributed by atoms with Gasteiger partial charge in [-0.1, -0.05) is 11.6 Å². The molecule has 0 saturated heterocycles. The van der Waals surface area contributed by atoms with Crippen molar-refractivity contribution < 1.29 is 9.18 Å². The predicted octanol–water partition coefficient (Wildman–Crippen LogP) is 3.15. The molecule has 0 spiro atoms. The molecule has 0 unspecified atom stereocenters. The molecule has 0 aliphatic heterocycles. The van der Waals surface area contributed by atoms with Gasteiger partial charge in [-0.3, -0.25) is 0 Å². The fourth-order valence-electron chi connectivity index (χ4n) is 1.49. The van der Waals surface area contributed by atoms with Crippen molar-refractivity contribution in [3.63, 3.8) is 0 Å². The van der Waals surface area contributed by atoms with Crippen LogP contribution in [0.4, 0.5) is 14.9 Å². The van der Waals surface area contributed by atoms with E-state index in [0.717, 1.165) is 19.3 Å². The molecule has 16 heavy (non-hydrogen) atoms. The van der Waals surface area contributed by atoms with Gasteiger partial charge < -0.3 is 10.6 Å². The Labute approximate surface area is 98.0 Å². The summed E-state index contributed by atoms with van der Waals surface area (Å²) in [5, 5.41) is 5.58. The van der Waals surface area contributed by atoms with Gasteiger partial charge in [0.1, 0.15) is 5.82 Å². The van der Waals surface area contributed by atoms with Gasteiger partial charge in [-0.25, -0.2) is 9.18 Å². The number of benzene rings is 1. The topological polar surface area (TPSA) is 41.1 Å². The molecular weight excluding hydrogens is 231 g/mol. The summed E-state index contributed by atoms with van der Waals surface area (Å²) in [5.74, 6) is -0.492. The quantitative estimate of drug-likeness (QED) is 0.822. The molecule has 86 valence electrons. The molecule has 2 rings (SSSR count). The minimum atomic E-state index is -0.492. The Morgan fingerprint density at radius 3 is 2.81 bits per heavy atom. The van der Waals surface area contributed by atoms with E-state index in [9.17, 15) is 9.18 Å². The van der Waals surface area contributed by atoms with Crippen molar-refractivity contribution in [2.24, 2.45) is 0 Å². The Morgan fingerprint density at radius 1 is 1.44 bits per heavy atom. The first-order valence-electron chi connectivity index (χ1n) is 5.18. The summed E-state index contributed by atoms with van der Waals surface area (Å²) in [6.45, 7) is 0. The maximum Gasteiger partial charge on any atom is 0.319 e. The lowest BCUT2D eigenvalue weighted by molar-refractivity contribution is 0.240. The first kappa shape index (κ1) is 11.2. The Bertz CT molecular complexity index is 407. The molecule has 1 aromatic carbocycles. The van der Waals surface area contributed by atoms with Gasteiger partial charge in [-0.15, -0.1) is 0 Å². The summed E-state index contributed by atoms with van der Waals surface area (Å²) < 4.78 is 13.3. The molecule has 1 aromatic rings. The Hall–Kier alpha value is -1.29. The second-order valence-electron chi connectivity index (χ2n) is 3.85. The molecule has 5 heteroatoms. The number of anilines is 1.